The molecule has 0 N–H and O–H groups in total. The summed E-state index contributed by atoms with van der Waals surface area (Å²) < 4.78 is 13.8. The molecule has 0 atom stereocenters. The summed E-state index contributed by atoms with van der Waals surface area (Å²) in [5.41, 5.74) is 4.92. The summed E-state index contributed by atoms with van der Waals surface area (Å²) in [6.07, 6.45) is 0. The zero-order valence-electron chi connectivity index (χ0n) is 21.4. The lowest BCUT2D eigenvalue weighted by molar-refractivity contribution is 0.480. The van der Waals surface area contributed by atoms with Crippen LogP contribution in [0.1, 0.15) is 101 Å². The maximum atomic E-state index is 6.90. The van der Waals surface area contributed by atoms with Crippen LogP contribution < -0.4 is 14.4 Å². The fraction of sp³-hybridized carbons (Fsp3) is 0.400. The summed E-state index contributed by atoms with van der Waals surface area (Å²) in [5.74, 6) is 3.40. The van der Waals surface area contributed by atoms with Crippen molar-refractivity contribution in [3.8, 4) is 11.5 Å². The Morgan fingerprint density at radius 2 is 0.788 bits per heavy atom. The molecule has 0 bridgehead atoms. The van der Waals surface area contributed by atoms with E-state index in [4.69, 9.17) is 9.05 Å². The number of para-hydroxylation sites is 2. The summed E-state index contributed by atoms with van der Waals surface area (Å²) in [6.45, 7) is 17.8. The second kappa shape index (κ2) is 11.2. The Labute approximate surface area is 202 Å². The van der Waals surface area contributed by atoms with Crippen LogP contribution in [0.15, 0.2) is 66.7 Å². The van der Waals surface area contributed by atoms with Crippen LogP contribution in [0.5, 0.6) is 11.5 Å². The second-order valence-corrected chi connectivity index (χ2v) is 11.3. The molecule has 0 saturated heterocycles. The van der Waals surface area contributed by atoms with Crippen molar-refractivity contribution in [1.29, 1.82) is 0 Å². The maximum absolute atomic E-state index is 6.90. The monoisotopic (exact) mass is 462 g/mol. The third kappa shape index (κ3) is 5.98. The first kappa shape index (κ1) is 25.3. The second-order valence-electron chi connectivity index (χ2n) is 9.93. The molecule has 0 amide bonds. The molecule has 0 radical (unpaired) electrons. The van der Waals surface area contributed by atoms with E-state index in [0.29, 0.717) is 23.7 Å². The molecule has 2 nitrogen and oxygen atoms in total. The molecule has 0 unspecified atom stereocenters. The van der Waals surface area contributed by atoms with Crippen LogP contribution in [0, 0.1) is 0 Å². The molecule has 0 spiro atoms. The van der Waals surface area contributed by atoms with E-state index >= 15 is 0 Å². The van der Waals surface area contributed by atoms with Crippen molar-refractivity contribution < 1.29 is 9.05 Å². The van der Waals surface area contributed by atoms with Crippen molar-refractivity contribution in [2.24, 2.45) is 0 Å². The summed E-state index contributed by atoms with van der Waals surface area (Å²) in [6, 6.07) is 23.4. The predicted octanol–water partition coefficient (Wildman–Crippen LogP) is 9.28. The first-order chi connectivity index (χ1) is 15.7. The van der Waals surface area contributed by atoms with Gasteiger partial charge in [-0.25, -0.2) is 0 Å². The van der Waals surface area contributed by atoms with Crippen LogP contribution in [-0.4, -0.2) is 0 Å². The standard InChI is InChI=1S/C30H39O2P/c1-20(2)25-16-12-17-26(21(3)4)29(25)31-33(24-14-10-9-11-15-24)32-30-27(22(5)6)18-13-19-28(30)23(7)8/h9-23H,1-8H3. The van der Waals surface area contributed by atoms with Gasteiger partial charge in [0.05, 0.1) is 5.30 Å². The van der Waals surface area contributed by atoms with Crippen LogP contribution >= 0.6 is 8.38 Å². The van der Waals surface area contributed by atoms with Crippen molar-refractivity contribution in [2.45, 2.75) is 79.1 Å². The van der Waals surface area contributed by atoms with Gasteiger partial charge in [0, 0.05) is 0 Å². The molecule has 0 aliphatic rings. The number of rotatable bonds is 9. The van der Waals surface area contributed by atoms with E-state index in [1.807, 2.05) is 6.07 Å². The van der Waals surface area contributed by atoms with E-state index in [2.05, 4.69) is 116 Å². The molecule has 33 heavy (non-hydrogen) atoms. The molecule has 0 saturated carbocycles. The topological polar surface area (TPSA) is 18.5 Å². The van der Waals surface area contributed by atoms with E-state index in [0.717, 1.165) is 16.8 Å². The first-order valence-corrected chi connectivity index (χ1v) is 13.3. The highest BCUT2D eigenvalue weighted by molar-refractivity contribution is 7.56. The van der Waals surface area contributed by atoms with Gasteiger partial charge in [-0.15, -0.1) is 0 Å². The van der Waals surface area contributed by atoms with Crippen molar-refractivity contribution in [2.75, 3.05) is 0 Å². The van der Waals surface area contributed by atoms with E-state index in [1.54, 1.807) is 0 Å². The number of hydrogen-bond acceptors (Lipinski definition) is 2. The summed E-state index contributed by atoms with van der Waals surface area (Å²) >= 11 is 0. The van der Waals surface area contributed by atoms with Gasteiger partial charge in [-0.3, -0.25) is 0 Å². The first-order valence-electron chi connectivity index (χ1n) is 12.2. The van der Waals surface area contributed by atoms with E-state index in [1.165, 1.54) is 22.3 Å². The molecule has 0 fully saturated rings. The summed E-state index contributed by atoms with van der Waals surface area (Å²) in [5, 5.41) is 1.08. The van der Waals surface area contributed by atoms with Gasteiger partial charge in [0.25, 0.3) is 0 Å². The predicted molar refractivity (Wildman–Crippen MR) is 143 cm³/mol. The van der Waals surface area contributed by atoms with Crippen LogP contribution in [-0.2, 0) is 0 Å². The third-order valence-electron chi connectivity index (χ3n) is 5.96. The molecule has 3 aromatic rings. The molecule has 176 valence electrons. The minimum absolute atomic E-state index is 0.362. The lowest BCUT2D eigenvalue weighted by atomic mass is 9.94. The highest BCUT2D eigenvalue weighted by Gasteiger charge is 2.26. The largest absolute Gasteiger partial charge is 0.435 e. The summed E-state index contributed by atoms with van der Waals surface area (Å²) in [7, 11) is -1.37. The van der Waals surface area contributed by atoms with Crippen molar-refractivity contribution in [1.82, 2.24) is 0 Å². The molecular weight excluding hydrogens is 423 g/mol. The average molecular weight is 463 g/mol. The van der Waals surface area contributed by atoms with Crippen LogP contribution in [0.3, 0.4) is 0 Å². The maximum Gasteiger partial charge on any atom is 0.326 e. The Hall–Kier alpha value is -2.31. The van der Waals surface area contributed by atoms with Crippen LogP contribution in [0.4, 0.5) is 0 Å². The zero-order chi connectivity index (χ0) is 24.1. The smallest absolute Gasteiger partial charge is 0.326 e. The van der Waals surface area contributed by atoms with E-state index in [-0.39, 0.29) is 0 Å². The van der Waals surface area contributed by atoms with Crippen molar-refractivity contribution in [3.63, 3.8) is 0 Å². The Morgan fingerprint density at radius 1 is 0.455 bits per heavy atom. The van der Waals surface area contributed by atoms with Crippen molar-refractivity contribution in [3.05, 3.63) is 89.0 Å². The zero-order valence-corrected chi connectivity index (χ0v) is 22.3. The quantitative estimate of drug-likeness (QED) is 0.295. The highest BCUT2D eigenvalue weighted by atomic mass is 31.2. The van der Waals surface area contributed by atoms with Gasteiger partial charge in [0.2, 0.25) is 0 Å². The van der Waals surface area contributed by atoms with Crippen LogP contribution in [0.25, 0.3) is 0 Å². The Morgan fingerprint density at radius 3 is 1.09 bits per heavy atom. The van der Waals surface area contributed by atoms with Gasteiger partial charge >= 0.3 is 8.38 Å². The minimum atomic E-state index is -1.37. The van der Waals surface area contributed by atoms with Gasteiger partial charge in [-0.1, -0.05) is 110 Å². The van der Waals surface area contributed by atoms with Gasteiger partial charge in [-0.2, -0.15) is 0 Å². The molecule has 0 aromatic heterocycles. The minimum Gasteiger partial charge on any atom is -0.435 e. The third-order valence-corrected chi connectivity index (χ3v) is 7.37. The van der Waals surface area contributed by atoms with Crippen LogP contribution in [0.2, 0.25) is 0 Å². The van der Waals surface area contributed by atoms with Gasteiger partial charge < -0.3 is 9.05 Å². The van der Waals surface area contributed by atoms with Gasteiger partial charge in [0.15, 0.2) is 0 Å². The molecular formula is C30H39O2P. The normalized spacial score (nSPS) is 11.8. The Bertz CT molecular complexity index is 920. The number of hydrogen-bond donors (Lipinski definition) is 0. The molecule has 0 aliphatic carbocycles. The lowest BCUT2D eigenvalue weighted by Crippen LogP contribution is -2.14. The molecule has 3 heteroatoms. The van der Waals surface area contributed by atoms with Crippen molar-refractivity contribution >= 4 is 13.7 Å². The molecule has 0 heterocycles. The Balaban J connectivity index is 2.15. The molecule has 0 aliphatic heterocycles. The van der Waals surface area contributed by atoms with E-state index in [9.17, 15) is 0 Å². The van der Waals surface area contributed by atoms with Gasteiger partial charge in [-0.05, 0) is 58.1 Å². The molecule has 3 aromatic carbocycles. The van der Waals surface area contributed by atoms with E-state index < -0.39 is 8.38 Å². The lowest BCUT2D eigenvalue weighted by Gasteiger charge is -2.27. The highest BCUT2D eigenvalue weighted by Crippen LogP contribution is 2.48. The average Bonchev–Trinajstić information content (AvgIpc) is 2.78. The molecule has 3 rings (SSSR count). The Kier molecular flexibility index (Phi) is 8.60. The van der Waals surface area contributed by atoms with Gasteiger partial charge in [0.1, 0.15) is 11.5 Å². The number of benzene rings is 3. The summed E-state index contributed by atoms with van der Waals surface area (Å²) in [4.78, 5) is 0. The SMILES string of the molecule is CC(C)c1cccc(C(C)C)c1OP(Oc1c(C(C)C)cccc1C(C)C)c1ccccc1. The fourth-order valence-electron chi connectivity index (χ4n) is 4.02. The fourth-order valence-corrected chi connectivity index (χ4v) is 5.43.